The lowest BCUT2D eigenvalue weighted by Gasteiger charge is -2.33. The predicted octanol–water partition coefficient (Wildman–Crippen LogP) is 1.69. The highest BCUT2D eigenvalue weighted by atomic mass is 32.2. The Kier molecular flexibility index (Phi) is 5.19. The molecule has 4 heterocycles. The van der Waals surface area contributed by atoms with Gasteiger partial charge in [0.2, 0.25) is 10.0 Å². The van der Waals surface area contributed by atoms with Crippen molar-refractivity contribution in [1.82, 2.24) is 18.6 Å². The fourth-order valence-corrected chi connectivity index (χ4v) is 6.07. The van der Waals surface area contributed by atoms with E-state index in [4.69, 9.17) is 4.74 Å². The number of fused-ring (bicyclic) bond motifs is 1. The van der Waals surface area contributed by atoms with Crippen molar-refractivity contribution in [2.45, 2.75) is 11.4 Å². The topological polar surface area (TPSA) is 84.2 Å². The molecule has 4 rings (SSSR count). The summed E-state index contributed by atoms with van der Waals surface area (Å²) in [7, 11) is -2.48. The second kappa shape index (κ2) is 7.63. The molecule has 10 heteroatoms. The molecule has 0 unspecified atom stereocenters. The standard InChI is InChI=1S/C18H20N4O4S2/c1-26-18(23)17-15(5-11-27-17)28(24,25)21-9-7-20(8-10-21)13-14-12-19-16-4-2-3-6-22(14)16/h2-6,11-12H,7-10,13H2,1H3. The van der Waals surface area contributed by atoms with Crippen LogP contribution in [0.2, 0.25) is 0 Å². The van der Waals surface area contributed by atoms with Crippen molar-refractivity contribution < 1.29 is 17.9 Å². The van der Waals surface area contributed by atoms with Gasteiger partial charge >= 0.3 is 5.97 Å². The smallest absolute Gasteiger partial charge is 0.349 e. The zero-order valence-electron chi connectivity index (χ0n) is 15.3. The van der Waals surface area contributed by atoms with Crippen molar-refractivity contribution >= 4 is 33.0 Å². The van der Waals surface area contributed by atoms with Crippen LogP contribution in [-0.4, -0.2) is 66.3 Å². The van der Waals surface area contributed by atoms with Crippen LogP contribution in [-0.2, 0) is 21.3 Å². The number of esters is 1. The molecule has 148 valence electrons. The van der Waals surface area contributed by atoms with Gasteiger partial charge in [0.15, 0.2) is 0 Å². The zero-order chi connectivity index (χ0) is 19.7. The van der Waals surface area contributed by atoms with Crippen molar-refractivity contribution in [3.05, 3.63) is 52.6 Å². The number of hydrogen-bond acceptors (Lipinski definition) is 7. The molecule has 1 aliphatic rings. The Hall–Kier alpha value is -2.27. The first-order valence-corrected chi connectivity index (χ1v) is 11.1. The number of aromatic nitrogens is 2. The third kappa shape index (κ3) is 3.44. The minimum Gasteiger partial charge on any atom is -0.465 e. The molecule has 0 aliphatic carbocycles. The van der Waals surface area contributed by atoms with Gasteiger partial charge in [0.05, 0.1) is 19.0 Å². The van der Waals surface area contributed by atoms with E-state index in [1.165, 1.54) is 17.5 Å². The van der Waals surface area contributed by atoms with Gasteiger partial charge in [-0.25, -0.2) is 18.2 Å². The third-order valence-electron chi connectivity index (χ3n) is 4.83. The fourth-order valence-electron chi connectivity index (χ4n) is 3.34. The number of ether oxygens (including phenoxy) is 1. The van der Waals surface area contributed by atoms with Crippen molar-refractivity contribution in [1.29, 1.82) is 0 Å². The average molecular weight is 421 g/mol. The highest BCUT2D eigenvalue weighted by Gasteiger charge is 2.33. The fraction of sp³-hybridized carbons (Fsp3) is 0.333. The number of carbonyl (C=O) groups is 1. The van der Waals surface area contributed by atoms with Crippen molar-refractivity contribution in [2.75, 3.05) is 33.3 Å². The third-order valence-corrected chi connectivity index (χ3v) is 7.79. The Bertz CT molecular complexity index is 1100. The van der Waals surface area contributed by atoms with Crippen LogP contribution >= 0.6 is 11.3 Å². The lowest BCUT2D eigenvalue weighted by molar-refractivity contribution is 0.0602. The van der Waals surface area contributed by atoms with E-state index in [1.807, 2.05) is 35.0 Å². The number of nitrogens with zero attached hydrogens (tertiary/aromatic N) is 4. The molecule has 8 nitrogen and oxygen atoms in total. The average Bonchev–Trinajstić information content (AvgIpc) is 3.36. The van der Waals surface area contributed by atoms with Gasteiger partial charge in [-0.1, -0.05) is 6.07 Å². The summed E-state index contributed by atoms with van der Waals surface area (Å²) < 4.78 is 34.1. The van der Waals surface area contributed by atoms with E-state index in [0.717, 1.165) is 22.7 Å². The first-order chi connectivity index (χ1) is 13.5. The molecule has 0 saturated carbocycles. The second-order valence-electron chi connectivity index (χ2n) is 6.46. The minimum absolute atomic E-state index is 0.0274. The lowest BCUT2D eigenvalue weighted by Crippen LogP contribution is -2.48. The summed E-state index contributed by atoms with van der Waals surface area (Å²) in [5, 5.41) is 1.60. The number of pyridine rings is 1. The molecule has 0 atom stereocenters. The SMILES string of the molecule is COC(=O)c1sccc1S(=O)(=O)N1CCN(Cc2cnc3ccccn23)CC1. The molecule has 0 spiro atoms. The van der Waals surface area contributed by atoms with Gasteiger partial charge in [0.25, 0.3) is 0 Å². The first-order valence-electron chi connectivity index (χ1n) is 8.80. The van der Waals surface area contributed by atoms with Crippen LogP contribution in [0.3, 0.4) is 0 Å². The van der Waals surface area contributed by atoms with Gasteiger partial charge in [-0.3, -0.25) is 4.90 Å². The Morgan fingerprint density at radius 1 is 1.21 bits per heavy atom. The number of carbonyl (C=O) groups excluding carboxylic acids is 1. The molecule has 1 saturated heterocycles. The summed E-state index contributed by atoms with van der Waals surface area (Å²) in [6, 6.07) is 7.33. The molecule has 0 bridgehead atoms. The summed E-state index contributed by atoms with van der Waals surface area (Å²) in [4.78, 5) is 18.6. The molecule has 0 N–H and O–H groups in total. The summed E-state index contributed by atoms with van der Waals surface area (Å²) in [5.41, 5.74) is 1.96. The van der Waals surface area contributed by atoms with Crippen LogP contribution < -0.4 is 0 Å². The number of sulfonamides is 1. The normalized spacial score (nSPS) is 16.5. The largest absolute Gasteiger partial charge is 0.465 e. The maximum Gasteiger partial charge on any atom is 0.349 e. The number of thiophene rings is 1. The predicted molar refractivity (Wildman–Crippen MR) is 105 cm³/mol. The Morgan fingerprint density at radius 3 is 2.75 bits per heavy atom. The van der Waals surface area contributed by atoms with Crippen LogP contribution in [0.25, 0.3) is 5.65 Å². The van der Waals surface area contributed by atoms with Gasteiger partial charge in [-0.15, -0.1) is 11.3 Å². The Morgan fingerprint density at radius 2 is 2.00 bits per heavy atom. The van der Waals surface area contributed by atoms with Gasteiger partial charge in [0.1, 0.15) is 15.4 Å². The highest BCUT2D eigenvalue weighted by molar-refractivity contribution is 7.89. The van der Waals surface area contributed by atoms with Gasteiger partial charge < -0.3 is 9.14 Å². The minimum atomic E-state index is -3.73. The van der Waals surface area contributed by atoms with Gasteiger partial charge in [-0.2, -0.15) is 4.31 Å². The Balaban J connectivity index is 1.45. The summed E-state index contributed by atoms with van der Waals surface area (Å²) >= 11 is 1.08. The van der Waals surface area contributed by atoms with Crippen molar-refractivity contribution in [3.8, 4) is 0 Å². The lowest BCUT2D eigenvalue weighted by atomic mass is 10.3. The number of methoxy groups -OCH3 is 1. The van der Waals surface area contributed by atoms with E-state index in [9.17, 15) is 13.2 Å². The highest BCUT2D eigenvalue weighted by Crippen LogP contribution is 2.27. The number of rotatable bonds is 5. The van der Waals surface area contributed by atoms with Crippen molar-refractivity contribution in [2.24, 2.45) is 0 Å². The molecule has 1 fully saturated rings. The molecule has 3 aromatic heterocycles. The van der Waals surface area contributed by atoms with Crippen LogP contribution in [0.4, 0.5) is 0 Å². The molecule has 0 aromatic carbocycles. The van der Waals surface area contributed by atoms with Crippen LogP contribution in [0.1, 0.15) is 15.4 Å². The number of piperazine rings is 1. The van der Waals surface area contributed by atoms with E-state index in [1.54, 1.807) is 5.38 Å². The molecular formula is C18H20N4O4S2. The van der Waals surface area contributed by atoms with Crippen molar-refractivity contribution in [3.63, 3.8) is 0 Å². The molecule has 3 aromatic rings. The second-order valence-corrected chi connectivity index (χ2v) is 9.29. The quantitative estimate of drug-likeness (QED) is 0.584. The molecule has 28 heavy (non-hydrogen) atoms. The molecule has 1 aliphatic heterocycles. The molecular weight excluding hydrogens is 400 g/mol. The maximum atomic E-state index is 13.0. The molecule has 0 radical (unpaired) electrons. The van der Waals surface area contributed by atoms with Crippen LogP contribution in [0, 0.1) is 0 Å². The Labute approximate surface area is 167 Å². The molecule has 0 amide bonds. The number of hydrogen-bond donors (Lipinski definition) is 0. The van der Waals surface area contributed by atoms with E-state index >= 15 is 0 Å². The van der Waals surface area contributed by atoms with E-state index in [0.29, 0.717) is 32.7 Å². The van der Waals surface area contributed by atoms with Gasteiger partial charge in [-0.05, 0) is 23.6 Å². The summed E-state index contributed by atoms with van der Waals surface area (Å²) in [6.45, 7) is 2.66. The zero-order valence-corrected chi connectivity index (χ0v) is 16.9. The van der Waals surface area contributed by atoms with Crippen LogP contribution in [0.15, 0.2) is 46.9 Å². The first kappa shape index (κ1) is 19.1. The summed E-state index contributed by atoms with van der Waals surface area (Å²) in [5.74, 6) is -0.625. The van der Waals surface area contributed by atoms with Crippen LogP contribution in [0.5, 0.6) is 0 Å². The maximum absolute atomic E-state index is 13.0. The van der Waals surface area contributed by atoms with E-state index in [2.05, 4.69) is 9.88 Å². The van der Waals surface area contributed by atoms with E-state index < -0.39 is 16.0 Å². The number of imidazole rings is 1. The monoisotopic (exact) mass is 420 g/mol. The van der Waals surface area contributed by atoms with E-state index in [-0.39, 0.29) is 9.77 Å². The summed E-state index contributed by atoms with van der Waals surface area (Å²) in [6.07, 6.45) is 3.83. The van der Waals surface area contributed by atoms with Gasteiger partial charge in [0, 0.05) is 38.9 Å².